The van der Waals surface area contributed by atoms with Crippen LogP contribution in [0.5, 0.6) is 5.75 Å². The predicted octanol–water partition coefficient (Wildman–Crippen LogP) is 2.48. The fraction of sp³-hybridized carbons (Fsp3) is 0.769. The van der Waals surface area contributed by atoms with Crippen molar-refractivity contribution >= 4 is 0 Å². The Bertz CT molecular complexity index is 320. The van der Waals surface area contributed by atoms with E-state index in [1.807, 2.05) is 10.9 Å². The van der Waals surface area contributed by atoms with Crippen LogP contribution in [0.1, 0.15) is 40.7 Å². The van der Waals surface area contributed by atoms with Gasteiger partial charge >= 0.3 is 0 Å². The van der Waals surface area contributed by atoms with Gasteiger partial charge in [-0.15, -0.1) is 0 Å². The molecule has 0 amide bonds. The molecule has 1 N–H and O–H groups in total. The van der Waals surface area contributed by atoms with Crippen molar-refractivity contribution in [2.24, 2.45) is 5.92 Å². The van der Waals surface area contributed by atoms with Crippen molar-refractivity contribution in [2.45, 2.75) is 46.8 Å². The highest BCUT2D eigenvalue weighted by atomic mass is 16.5. The van der Waals surface area contributed by atoms with E-state index in [-0.39, 0.29) is 6.10 Å². The molecule has 1 rings (SSSR count). The quantitative estimate of drug-likeness (QED) is 0.794. The first-order chi connectivity index (χ1) is 8.04. The zero-order valence-electron chi connectivity index (χ0n) is 11.6. The van der Waals surface area contributed by atoms with E-state index < -0.39 is 0 Å². The van der Waals surface area contributed by atoms with Crippen molar-refractivity contribution in [3.63, 3.8) is 0 Å². The van der Waals surface area contributed by atoms with E-state index in [1.165, 1.54) is 0 Å². The summed E-state index contributed by atoms with van der Waals surface area (Å²) in [6.45, 7) is 12.5. The fourth-order valence-corrected chi connectivity index (χ4v) is 1.54. The second-order valence-corrected chi connectivity index (χ2v) is 4.96. The molecule has 0 aliphatic heterocycles. The minimum absolute atomic E-state index is 0.194. The Balaban J connectivity index is 2.58. The molecule has 0 bridgehead atoms. The monoisotopic (exact) mass is 239 g/mol. The van der Waals surface area contributed by atoms with E-state index in [0.29, 0.717) is 12.0 Å². The summed E-state index contributed by atoms with van der Waals surface area (Å²) in [6, 6.07) is 0.374. The molecule has 0 saturated carbocycles. The number of aromatic nitrogens is 2. The highest BCUT2D eigenvalue weighted by Crippen LogP contribution is 2.16. The van der Waals surface area contributed by atoms with Gasteiger partial charge in [-0.2, -0.15) is 5.10 Å². The third kappa shape index (κ3) is 4.38. The van der Waals surface area contributed by atoms with Crippen LogP contribution >= 0.6 is 0 Å². The van der Waals surface area contributed by atoms with Crippen molar-refractivity contribution in [2.75, 3.05) is 13.1 Å². The molecular formula is C13H25N3O. The average Bonchev–Trinajstić information content (AvgIpc) is 2.72. The lowest BCUT2D eigenvalue weighted by molar-refractivity contribution is 0.149. The van der Waals surface area contributed by atoms with E-state index in [2.05, 4.69) is 45.0 Å². The van der Waals surface area contributed by atoms with Gasteiger partial charge in [0.25, 0.3) is 0 Å². The zero-order chi connectivity index (χ0) is 12.8. The number of ether oxygens (including phenoxy) is 1. The molecule has 0 saturated heterocycles. The Hall–Kier alpha value is -1.03. The smallest absolute Gasteiger partial charge is 0.157 e. The Morgan fingerprint density at radius 1 is 1.35 bits per heavy atom. The highest BCUT2D eigenvalue weighted by molar-refractivity contribution is 5.12. The van der Waals surface area contributed by atoms with Crippen molar-refractivity contribution in [3.05, 3.63) is 12.4 Å². The Morgan fingerprint density at radius 2 is 2.06 bits per heavy atom. The summed E-state index contributed by atoms with van der Waals surface area (Å²) in [5, 5.41) is 7.61. The standard InChI is InChI=1S/C13H25N3O/c1-6-14-8-13(10(2)3)17-12-7-15-16(9-12)11(4)5/h7,9-11,13-14H,6,8H2,1-5H3. The van der Waals surface area contributed by atoms with Gasteiger partial charge in [-0.3, -0.25) is 4.68 Å². The Kier molecular flexibility index (Phi) is 5.48. The summed E-state index contributed by atoms with van der Waals surface area (Å²) in [6.07, 6.45) is 3.95. The van der Waals surface area contributed by atoms with Crippen LogP contribution in [0.4, 0.5) is 0 Å². The van der Waals surface area contributed by atoms with Gasteiger partial charge in [0.05, 0.1) is 12.4 Å². The summed E-state index contributed by atoms with van der Waals surface area (Å²) < 4.78 is 7.88. The molecule has 4 nitrogen and oxygen atoms in total. The van der Waals surface area contributed by atoms with E-state index in [1.54, 1.807) is 6.20 Å². The molecule has 0 aliphatic carbocycles. The molecule has 0 spiro atoms. The first kappa shape index (κ1) is 14.0. The highest BCUT2D eigenvalue weighted by Gasteiger charge is 2.15. The van der Waals surface area contributed by atoms with Crippen LogP contribution in [0.2, 0.25) is 0 Å². The first-order valence-corrected chi connectivity index (χ1v) is 6.46. The largest absolute Gasteiger partial charge is 0.486 e. The third-order valence-corrected chi connectivity index (χ3v) is 2.73. The number of nitrogens with zero attached hydrogens (tertiary/aromatic N) is 2. The molecule has 98 valence electrons. The zero-order valence-corrected chi connectivity index (χ0v) is 11.6. The molecular weight excluding hydrogens is 214 g/mol. The molecule has 1 heterocycles. The second-order valence-electron chi connectivity index (χ2n) is 4.96. The van der Waals surface area contributed by atoms with Gasteiger partial charge in [-0.25, -0.2) is 0 Å². The predicted molar refractivity (Wildman–Crippen MR) is 70.4 cm³/mol. The molecule has 0 aliphatic rings. The second kappa shape index (κ2) is 6.64. The van der Waals surface area contributed by atoms with Crippen molar-refractivity contribution in [1.29, 1.82) is 0 Å². The Labute approximate surface area is 104 Å². The van der Waals surface area contributed by atoms with Crippen LogP contribution in [0.25, 0.3) is 0 Å². The Morgan fingerprint density at radius 3 is 2.53 bits per heavy atom. The van der Waals surface area contributed by atoms with Crippen LogP contribution in [-0.4, -0.2) is 29.0 Å². The first-order valence-electron chi connectivity index (χ1n) is 6.46. The van der Waals surface area contributed by atoms with Crippen LogP contribution in [0.3, 0.4) is 0 Å². The molecule has 0 radical (unpaired) electrons. The van der Waals surface area contributed by atoms with Gasteiger partial charge in [0.1, 0.15) is 6.10 Å². The van der Waals surface area contributed by atoms with Crippen LogP contribution in [-0.2, 0) is 0 Å². The summed E-state index contributed by atoms with van der Waals surface area (Å²) >= 11 is 0. The maximum Gasteiger partial charge on any atom is 0.157 e. The topological polar surface area (TPSA) is 39.1 Å². The number of hydrogen-bond donors (Lipinski definition) is 1. The molecule has 1 aromatic heterocycles. The maximum absolute atomic E-state index is 5.96. The van der Waals surface area contributed by atoms with E-state index in [4.69, 9.17) is 4.74 Å². The minimum Gasteiger partial charge on any atom is -0.486 e. The lowest BCUT2D eigenvalue weighted by Gasteiger charge is -2.21. The molecule has 4 heteroatoms. The van der Waals surface area contributed by atoms with Crippen molar-refractivity contribution in [1.82, 2.24) is 15.1 Å². The van der Waals surface area contributed by atoms with Crippen LogP contribution in [0, 0.1) is 5.92 Å². The minimum atomic E-state index is 0.194. The molecule has 0 aromatic carbocycles. The normalized spacial score (nSPS) is 13.4. The molecule has 1 unspecified atom stereocenters. The third-order valence-electron chi connectivity index (χ3n) is 2.73. The lowest BCUT2D eigenvalue weighted by atomic mass is 10.1. The lowest BCUT2D eigenvalue weighted by Crippen LogP contribution is -2.35. The summed E-state index contributed by atoms with van der Waals surface area (Å²) in [4.78, 5) is 0. The SMILES string of the molecule is CCNCC(Oc1cnn(C(C)C)c1)C(C)C. The number of likely N-dealkylation sites (N-methyl/N-ethyl adjacent to an activating group) is 1. The molecule has 0 fully saturated rings. The van der Waals surface area contributed by atoms with Crippen LogP contribution < -0.4 is 10.1 Å². The molecule has 1 atom stereocenters. The summed E-state index contributed by atoms with van der Waals surface area (Å²) in [7, 11) is 0. The average molecular weight is 239 g/mol. The van der Waals surface area contributed by atoms with Crippen LogP contribution in [0.15, 0.2) is 12.4 Å². The van der Waals surface area contributed by atoms with E-state index in [9.17, 15) is 0 Å². The van der Waals surface area contributed by atoms with Crippen molar-refractivity contribution in [3.8, 4) is 5.75 Å². The van der Waals surface area contributed by atoms with Gasteiger partial charge in [0, 0.05) is 12.6 Å². The van der Waals surface area contributed by atoms with E-state index >= 15 is 0 Å². The van der Waals surface area contributed by atoms with E-state index in [0.717, 1.165) is 18.8 Å². The maximum atomic E-state index is 5.96. The summed E-state index contributed by atoms with van der Waals surface area (Å²) in [5.74, 6) is 1.34. The van der Waals surface area contributed by atoms with Gasteiger partial charge in [0.2, 0.25) is 0 Å². The fourth-order valence-electron chi connectivity index (χ4n) is 1.54. The van der Waals surface area contributed by atoms with Gasteiger partial charge in [0.15, 0.2) is 5.75 Å². The van der Waals surface area contributed by atoms with Gasteiger partial charge < -0.3 is 10.1 Å². The summed E-state index contributed by atoms with van der Waals surface area (Å²) in [5.41, 5.74) is 0. The number of hydrogen-bond acceptors (Lipinski definition) is 3. The van der Waals surface area contributed by atoms with Gasteiger partial charge in [-0.1, -0.05) is 20.8 Å². The molecule has 1 aromatic rings. The number of rotatable bonds is 7. The molecule has 17 heavy (non-hydrogen) atoms. The van der Waals surface area contributed by atoms with Gasteiger partial charge in [-0.05, 0) is 26.3 Å². The van der Waals surface area contributed by atoms with Crippen molar-refractivity contribution < 1.29 is 4.74 Å². The number of nitrogens with one attached hydrogen (secondary N) is 1.